The molecule has 20 heavy (non-hydrogen) atoms. The summed E-state index contributed by atoms with van der Waals surface area (Å²) in [5.41, 5.74) is 1.29. The topological polar surface area (TPSA) is 68.2 Å². The minimum absolute atomic E-state index is 0.507. The molecule has 1 aromatic carbocycles. The highest BCUT2D eigenvalue weighted by molar-refractivity contribution is 6.15. The number of methoxy groups -OCH3 is 2. The third-order valence-electron chi connectivity index (χ3n) is 3.25. The molecule has 0 aromatic heterocycles. The molecule has 0 amide bonds. The number of likely N-dealkylation sites (N-methyl/N-ethyl adjacent to an activating group) is 1. The van der Waals surface area contributed by atoms with Crippen molar-refractivity contribution in [2.75, 3.05) is 21.3 Å². The van der Waals surface area contributed by atoms with E-state index in [1.807, 2.05) is 30.3 Å². The van der Waals surface area contributed by atoms with Crippen molar-refractivity contribution >= 4 is 17.7 Å². The molecule has 0 fully saturated rings. The number of hydrazone groups is 1. The van der Waals surface area contributed by atoms with Crippen molar-refractivity contribution in [3.05, 3.63) is 35.9 Å². The maximum atomic E-state index is 12.0. The quantitative estimate of drug-likeness (QED) is 0.759. The molecule has 0 saturated heterocycles. The lowest BCUT2D eigenvalue weighted by Gasteiger charge is -2.21. The van der Waals surface area contributed by atoms with E-state index in [9.17, 15) is 9.59 Å². The van der Waals surface area contributed by atoms with Gasteiger partial charge in [0.1, 0.15) is 5.92 Å². The first kappa shape index (κ1) is 14.0. The predicted molar refractivity (Wildman–Crippen MR) is 72.1 cm³/mol. The normalized spacial score (nSPS) is 21.4. The monoisotopic (exact) mass is 276 g/mol. The summed E-state index contributed by atoms with van der Waals surface area (Å²) < 4.78 is 9.56. The van der Waals surface area contributed by atoms with Gasteiger partial charge in [-0.2, -0.15) is 5.10 Å². The van der Waals surface area contributed by atoms with Gasteiger partial charge in [0, 0.05) is 7.05 Å². The van der Waals surface area contributed by atoms with Gasteiger partial charge in [-0.3, -0.25) is 9.80 Å². The number of carbonyl (C=O) groups excluding carboxylic acids is 2. The first-order valence-corrected chi connectivity index (χ1v) is 6.12. The number of nitrogens with zero attached hydrogens (tertiary/aromatic N) is 2. The SMILES string of the molecule is COC(=O)[C@H]1C(c2ccccc2)=NN(C)[C@@H]1C(=O)OC. The Morgan fingerprint density at radius 1 is 1.10 bits per heavy atom. The molecule has 1 aromatic rings. The highest BCUT2D eigenvalue weighted by atomic mass is 16.5. The fraction of sp³-hybridized carbons (Fsp3) is 0.357. The van der Waals surface area contributed by atoms with Crippen molar-refractivity contribution in [1.29, 1.82) is 0 Å². The van der Waals surface area contributed by atoms with Crippen LogP contribution in [0, 0.1) is 5.92 Å². The average molecular weight is 276 g/mol. The molecule has 0 aliphatic carbocycles. The van der Waals surface area contributed by atoms with Crippen LogP contribution in [0.1, 0.15) is 5.56 Å². The van der Waals surface area contributed by atoms with Gasteiger partial charge >= 0.3 is 11.9 Å². The predicted octanol–water partition coefficient (Wildman–Crippen LogP) is 0.667. The van der Waals surface area contributed by atoms with Gasteiger partial charge in [-0.1, -0.05) is 30.3 Å². The molecular weight excluding hydrogens is 260 g/mol. The van der Waals surface area contributed by atoms with Gasteiger partial charge in [0.2, 0.25) is 0 Å². The zero-order valence-electron chi connectivity index (χ0n) is 11.6. The molecule has 1 aliphatic rings. The van der Waals surface area contributed by atoms with Crippen molar-refractivity contribution in [2.45, 2.75) is 6.04 Å². The lowest BCUT2D eigenvalue weighted by molar-refractivity contribution is -0.154. The zero-order chi connectivity index (χ0) is 14.7. The van der Waals surface area contributed by atoms with E-state index in [-0.39, 0.29) is 0 Å². The number of hydrogen-bond acceptors (Lipinski definition) is 6. The zero-order valence-corrected chi connectivity index (χ0v) is 11.6. The number of carbonyl (C=O) groups is 2. The van der Waals surface area contributed by atoms with Crippen LogP contribution in [-0.2, 0) is 19.1 Å². The van der Waals surface area contributed by atoms with Gasteiger partial charge in [-0.05, 0) is 5.56 Å². The fourth-order valence-corrected chi connectivity index (χ4v) is 2.28. The number of hydrogen-bond donors (Lipinski definition) is 0. The summed E-state index contributed by atoms with van der Waals surface area (Å²) in [5, 5.41) is 5.75. The Kier molecular flexibility index (Phi) is 4.02. The third kappa shape index (κ3) is 2.36. The molecule has 0 unspecified atom stereocenters. The maximum absolute atomic E-state index is 12.0. The van der Waals surface area contributed by atoms with Crippen LogP contribution in [0.15, 0.2) is 35.4 Å². The molecule has 1 aliphatic heterocycles. The minimum atomic E-state index is -0.803. The first-order valence-electron chi connectivity index (χ1n) is 6.12. The van der Waals surface area contributed by atoms with Crippen LogP contribution in [0.5, 0.6) is 0 Å². The summed E-state index contributed by atoms with van der Waals surface area (Å²) in [6.07, 6.45) is 0. The van der Waals surface area contributed by atoms with Crippen molar-refractivity contribution in [1.82, 2.24) is 5.01 Å². The Hall–Kier alpha value is -2.37. The van der Waals surface area contributed by atoms with Crippen LogP contribution >= 0.6 is 0 Å². The van der Waals surface area contributed by atoms with Crippen LogP contribution < -0.4 is 0 Å². The summed E-state index contributed by atoms with van der Waals surface area (Å²) in [6.45, 7) is 0. The highest BCUT2D eigenvalue weighted by Gasteiger charge is 2.46. The minimum Gasteiger partial charge on any atom is -0.468 e. The molecule has 0 spiro atoms. The second-order valence-corrected chi connectivity index (χ2v) is 4.39. The summed E-state index contributed by atoms with van der Waals surface area (Å²) in [7, 11) is 4.20. The largest absolute Gasteiger partial charge is 0.468 e. The van der Waals surface area contributed by atoms with E-state index in [1.54, 1.807) is 7.05 Å². The van der Waals surface area contributed by atoms with Crippen LogP contribution in [-0.4, -0.2) is 50.0 Å². The molecule has 6 heteroatoms. The fourth-order valence-electron chi connectivity index (χ4n) is 2.28. The number of esters is 2. The highest BCUT2D eigenvalue weighted by Crippen LogP contribution is 2.26. The van der Waals surface area contributed by atoms with Gasteiger partial charge in [0.25, 0.3) is 0 Å². The van der Waals surface area contributed by atoms with Crippen LogP contribution in [0.25, 0.3) is 0 Å². The standard InChI is InChI=1S/C14H16N2O4/c1-16-12(14(18)20-3)10(13(17)19-2)11(15-16)9-7-5-4-6-8-9/h4-8,10,12H,1-3H3/t10-,12-/m0/s1. The maximum Gasteiger partial charge on any atom is 0.331 e. The van der Waals surface area contributed by atoms with Gasteiger partial charge in [0.05, 0.1) is 19.9 Å². The van der Waals surface area contributed by atoms with Crippen LogP contribution in [0.4, 0.5) is 0 Å². The molecule has 6 nitrogen and oxygen atoms in total. The Morgan fingerprint density at radius 2 is 1.70 bits per heavy atom. The van der Waals surface area contributed by atoms with Crippen LogP contribution in [0.3, 0.4) is 0 Å². The molecule has 0 N–H and O–H groups in total. The van der Waals surface area contributed by atoms with Gasteiger partial charge < -0.3 is 9.47 Å². The van der Waals surface area contributed by atoms with E-state index < -0.39 is 23.9 Å². The van der Waals surface area contributed by atoms with E-state index >= 15 is 0 Å². The summed E-state index contributed by atoms with van der Waals surface area (Å²) in [5.74, 6) is -1.82. The van der Waals surface area contributed by atoms with E-state index in [4.69, 9.17) is 9.47 Å². The lowest BCUT2D eigenvalue weighted by atomic mass is 9.91. The van der Waals surface area contributed by atoms with Crippen LogP contribution in [0.2, 0.25) is 0 Å². The molecule has 2 atom stereocenters. The molecule has 106 valence electrons. The Labute approximate surface area is 117 Å². The molecule has 2 rings (SSSR count). The first-order chi connectivity index (χ1) is 9.60. The Bertz CT molecular complexity index is 541. The van der Waals surface area contributed by atoms with Crippen molar-refractivity contribution in [3.63, 3.8) is 0 Å². The summed E-state index contributed by atoms with van der Waals surface area (Å²) in [4.78, 5) is 23.9. The van der Waals surface area contributed by atoms with E-state index in [0.717, 1.165) is 5.56 Å². The van der Waals surface area contributed by atoms with E-state index in [0.29, 0.717) is 5.71 Å². The Morgan fingerprint density at radius 3 is 2.25 bits per heavy atom. The van der Waals surface area contributed by atoms with Gasteiger partial charge in [-0.15, -0.1) is 0 Å². The van der Waals surface area contributed by atoms with Crippen molar-refractivity contribution in [3.8, 4) is 0 Å². The van der Waals surface area contributed by atoms with Crippen molar-refractivity contribution in [2.24, 2.45) is 11.0 Å². The molecule has 0 radical (unpaired) electrons. The second-order valence-electron chi connectivity index (χ2n) is 4.39. The van der Waals surface area contributed by atoms with Gasteiger partial charge in [0.15, 0.2) is 6.04 Å². The van der Waals surface area contributed by atoms with Gasteiger partial charge in [-0.25, -0.2) is 4.79 Å². The number of rotatable bonds is 3. The smallest absolute Gasteiger partial charge is 0.331 e. The summed E-state index contributed by atoms with van der Waals surface area (Å²) >= 11 is 0. The molecule has 1 heterocycles. The van der Waals surface area contributed by atoms with Crippen molar-refractivity contribution < 1.29 is 19.1 Å². The van der Waals surface area contributed by atoms with E-state index in [1.165, 1.54) is 19.2 Å². The number of benzene rings is 1. The second kappa shape index (κ2) is 5.73. The summed E-state index contributed by atoms with van der Waals surface area (Å²) in [6, 6.07) is 8.43. The third-order valence-corrected chi connectivity index (χ3v) is 3.25. The van der Waals surface area contributed by atoms with E-state index in [2.05, 4.69) is 5.10 Å². The number of ether oxygens (including phenoxy) is 2. The molecule has 0 saturated carbocycles. The molecular formula is C14H16N2O4. The lowest BCUT2D eigenvalue weighted by Crippen LogP contribution is -2.43. The molecule has 0 bridgehead atoms. The Balaban J connectivity index is 2.43. The average Bonchev–Trinajstić information content (AvgIpc) is 2.84.